The van der Waals surface area contributed by atoms with E-state index in [1.54, 1.807) is 6.07 Å². The number of amides is 1. The summed E-state index contributed by atoms with van der Waals surface area (Å²) in [5, 5.41) is 3.88. The van der Waals surface area contributed by atoms with Crippen LogP contribution >= 0.6 is 0 Å². The van der Waals surface area contributed by atoms with Crippen molar-refractivity contribution in [2.24, 2.45) is 11.1 Å². The highest BCUT2D eigenvalue weighted by molar-refractivity contribution is 5.96. The van der Waals surface area contributed by atoms with Crippen LogP contribution in [0.3, 0.4) is 0 Å². The molecule has 0 spiro atoms. The molecule has 1 aromatic carbocycles. The van der Waals surface area contributed by atoms with Crippen LogP contribution in [0.15, 0.2) is 28.7 Å². The van der Waals surface area contributed by atoms with E-state index >= 15 is 0 Å². The van der Waals surface area contributed by atoms with Crippen molar-refractivity contribution in [3.8, 4) is 0 Å². The summed E-state index contributed by atoms with van der Waals surface area (Å²) in [6.07, 6.45) is 0. The Morgan fingerprint density at radius 3 is 2.65 bits per heavy atom. The molecule has 0 saturated carbocycles. The normalized spacial score (nSPS) is 13.4. The quantitative estimate of drug-likeness (QED) is 0.904. The van der Waals surface area contributed by atoms with Crippen molar-refractivity contribution in [2.45, 2.75) is 33.7 Å². The maximum atomic E-state index is 12.3. The van der Waals surface area contributed by atoms with Crippen LogP contribution in [0.4, 0.5) is 0 Å². The molecule has 1 unspecified atom stereocenters. The predicted molar refractivity (Wildman–Crippen MR) is 80.7 cm³/mol. The van der Waals surface area contributed by atoms with E-state index in [0.29, 0.717) is 12.3 Å². The lowest BCUT2D eigenvalue weighted by molar-refractivity contribution is 0.0879. The van der Waals surface area contributed by atoms with Gasteiger partial charge in [0, 0.05) is 18.0 Å². The van der Waals surface area contributed by atoms with Crippen LogP contribution in [0.25, 0.3) is 11.0 Å². The zero-order valence-corrected chi connectivity index (χ0v) is 12.5. The summed E-state index contributed by atoms with van der Waals surface area (Å²) in [6.45, 7) is 8.55. The van der Waals surface area contributed by atoms with Gasteiger partial charge < -0.3 is 15.5 Å². The lowest BCUT2D eigenvalue weighted by Gasteiger charge is -2.29. The average Bonchev–Trinajstić information content (AvgIpc) is 2.77. The number of carbonyl (C=O) groups is 1. The molecule has 0 fully saturated rings. The van der Waals surface area contributed by atoms with Crippen LogP contribution < -0.4 is 11.1 Å². The van der Waals surface area contributed by atoms with E-state index in [0.717, 1.165) is 16.5 Å². The molecule has 1 atom stereocenters. The average molecular weight is 274 g/mol. The highest BCUT2D eigenvalue weighted by Crippen LogP contribution is 2.22. The van der Waals surface area contributed by atoms with Crippen LogP contribution in [0.1, 0.15) is 36.9 Å². The summed E-state index contributed by atoms with van der Waals surface area (Å²) >= 11 is 0. The largest absolute Gasteiger partial charge is 0.451 e. The molecule has 4 nitrogen and oxygen atoms in total. The number of hydrogen-bond acceptors (Lipinski definition) is 3. The van der Waals surface area contributed by atoms with Gasteiger partial charge in [0.25, 0.3) is 5.91 Å². The highest BCUT2D eigenvalue weighted by atomic mass is 16.3. The first-order chi connectivity index (χ1) is 9.31. The van der Waals surface area contributed by atoms with Gasteiger partial charge in [0.2, 0.25) is 0 Å². The van der Waals surface area contributed by atoms with Gasteiger partial charge in [-0.1, -0.05) is 32.4 Å². The summed E-state index contributed by atoms with van der Waals surface area (Å²) in [7, 11) is 0. The van der Waals surface area contributed by atoms with Gasteiger partial charge in [-0.15, -0.1) is 0 Å². The van der Waals surface area contributed by atoms with Crippen molar-refractivity contribution < 1.29 is 9.21 Å². The molecule has 2 rings (SSSR count). The Kier molecular flexibility index (Phi) is 3.86. The Hall–Kier alpha value is -1.81. The van der Waals surface area contributed by atoms with Gasteiger partial charge in [0.1, 0.15) is 5.58 Å². The fraction of sp³-hybridized carbons (Fsp3) is 0.438. The number of hydrogen-bond donors (Lipinski definition) is 2. The van der Waals surface area contributed by atoms with Crippen molar-refractivity contribution in [3.63, 3.8) is 0 Å². The Balaban J connectivity index is 2.23. The molecule has 108 valence electrons. The van der Waals surface area contributed by atoms with Crippen molar-refractivity contribution in [2.75, 3.05) is 6.54 Å². The van der Waals surface area contributed by atoms with Crippen molar-refractivity contribution >= 4 is 16.9 Å². The number of carbonyl (C=O) groups excluding carboxylic acids is 1. The van der Waals surface area contributed by atoms with Gasteiger partial charge in [-0.05, 0) is 30.5 Å². The van der Waals surface area contributed by atoms with E-state index in [1.165, 1.54) is 0 Å². The Morgan fingerprint density at radius 1 is 1.35 bits per heavy atom. The second-order valence-corrected chi connectivity index (χ2v) is 6.28. The highest BCUT2D eigenvalue weighted by Gasteiger charge is 2.26. The van der Waals surface area contributed by atoms with Crippen LogP contribution in [0.5, 0.6) is 0 Å². The molecular formula is C16H22N2O2. The monoisotopic (exact) mass is 274 g/mol. The van der Waals surface area contributed by atoms with Crippen molar-refractivity contribution in [3.05, 3.63) is 35.6 Å². The third-order valence-electron chi connectivity index (χ3n) is 3.48. The molecule has 2 aromatic rings. The number of furan rings is 1. The molecule has 0 aliphatic carbocycles. The first kappa shape index (κ1) is 14.6. The Bertz CT molecular complexity index is 623. The predicted octanol–water partition coefficient (Wildman–Crippen LogP) is 2.84. The summed E-state index contributed by atoms with van der Waals surface area (Å²) in [5.74, 6) is 0.109. The number of aryl methyl sites for hydroxylation is 1. The van der Waals surface area contributed by atoms with Crippen LogP contribution in [-0.4, -0.2) is 18.5 Å². The number of nitrogens with two attached hydrogens (primary N) is 1. The van der Waals surface area contributed by atoms with Crippen molar-refractivity contribution in [1.82, 2.24) is 5.32 Å². The van der Waals surface area contributed by atoms with E-state index in [4.69, 9.17) is 10.2 Å². The smallest absolute Gasteiger partial charge is 0.287 e. The van der Waals surface area contributed by atoms with Crippen LogP contribution in [0.2, 0.25) is 0 Å². The molecule has 0 saturated heterocycles. The molecular weight excluding hydrogens is 252 g/mol. The first-order valence-corrected chi connectivity index (χ1v) is 6.82. The SMILES string of the molecule is Cc1ccc2oc(C(=O)NC(CN)C(C)(C)C)cc2c1. The maximum Gasteiger partial charge on any atom is 0.287 e. The molecule has 0 radical (unpaired) electrons. The number of rotatable bonds is 3. The zero-order chi connectivity index (χ0) is 14.9. The van der Waals surface area contributed by atoms with E-state index < -0.39 is 0 Å². The van der Waals surface area contributed by atoms with Crippen LogP contribution in [-0.2, 0) is 0 Å². The molecule has 1 aromatic heterocycles. The Labute approximate surface area is 119 Å². The lowest BCUT2D eigenvalue weighted by atomic mass is 9.87. The second kappa shape index (κ2) is 5.29. The summed E-state index contributed by atoms with van der Waals surface area (Å²) in [5.41, 5.74) is 7.51. The molecule has 0 aliphatic rings. The minimum absolute atomic E-state index is 0.0903. The number of nitrogens with one attached hydrogen (secondary N) is 1. The summed E-state index contributed by atoms with van der Waals surface area (Å²) in [4.78, 5) is 12.3. The van der Waals surface area contributed by atoms with Gasteiger partial charge in [0.05, 0.1) is 0 Å². The fourth-order valence-corrected chi connectivity index (χ4v) is 2.13. The third kappa shape index (κ3) is 3.02. The van der Waals surface area contributed by atoms with E-state index in [-0.39, 0.29) is 17.4 Å². The zero-order valence-electron chi connectivity index (χ0n) is 12.5. The minimum atomic E-state index is -0.218. The minimum Gasteiger partial charge on any atom is -0.451 e. The van der Waals surface area contributed by atoms with Gasteiger partial charge in [-0.2, -0.15) is 0 Å². The summed E-state index contributed by atoms with van der Waals surface area (Å²) < 4.78 is 5.59. The molecule has 0 aliphatic heterocycles. The number of fused-ring (bicyclic) bond motifs is 1. The molecule has 20 heavy (non-hydrogen) atoms. The number of benzene rings is 1. The third-order valence-corrected chi connectivity index (χ3v) is 3.48. The van der Waals surface area contributed by atoms with Gasteiger partial charge in [0.15, 0.2) is 5.76 Å². The first-order valence-electron chi connectivity index (χ1n) is 6.82. The molecule has 3 N–H and O–H groups in total. The lowest BCUT2D eigenvalue weighted by Crippen LogP contribution is -2.48. The van der Waals surface area contributed by atoms with Gasteiger partial charge >= 0.3 is 0 Å². The van der Waals surface area contributed by atoms with E-state index in [2.05, 4.69) is 5.32 Å². The molecule has 1 heterocycles. The van der Waals surface area contributed by atoms with Crippen molar-refractivity contribution in [1.29, 1.82) is 0 Å². The van der Waals surface area contributed by atoms with E-state index in [9.17, 15) is 4.79 Å². The molecule has 0 bridgehead atoms. The topological polar surface area (TPSA) is 68.3 Å². The van der Waals surface area contributed by atoms with Crippen LogP contribution in [0, 0.1) is 12.3 Å². The van der Waals surface area contributed by atoms with E-state index in [1.807, 2.05) is 45.9 Å². The molecule has 1 amide bonds. The maximum absolute atomic E-state index is 12.3. The van der Waals surface area contributed by atoms with Gasteiger partial charge in [-0.25, -0.2) is 0 Å². The Morgan fingerprint density at radius 2 is 2.05 bits per heavy atom. The molecule has 4 heteroatoms. The summed E-state index contributed by atoms with van der Waals surface area (Å²) in [6, 6.07) is 7.52. The standard InChI is InChI=1S/C16H22N2O2/c1-10-5-6-12-11(7-10)8-13(20-12)15(19)18-14(9-17)16(2,3)4/h5-8,14H,9,17H2,1-4H3,(H,18,19). The van der Waals surface area contributed by atoms with Gasteiger partial charge in [-0.3, -0.25) is 4.79 Å². The fourth-order valence-electron chi connectivity index (χ4n) is 2.13. The second-order valence-electron chi connectivity index (χ2n) is 6.28.